The van der Waals surface area contributed by atoms with Crippen LogP contribution in [0.4, 0.5) is 5.69 Å². The number of nitrogens with zero attached hydrogens (tertiary/aromatic N) is 2. The van der Waals surface area contributed by atoms with Crippen LogP contribution in [0.1, 0.15) is 44.0 Å². The first-order valence-corrected chi connectivity index (χ1v) is 11.3. The van der Waals surface area contributed by atoms with Gasteiger partial charge in [0.25, 0.3) is 5.91 Å². The highest BCUT2D eigenvalue weighted by Gasteiger charge is 2.28. The molecule has 0 bridgehead atoms. The van der Waals surface area contributed by atoms with E-state index in [1.807, 2.05) is 20.8 Å². The second-order valence-corrected chi connectivity index (χ2v) is 7.65. The Labute approximate surface area is 193 Å². The van der Waals surface area contributed by atoms with Crippen molar-refractivity contribution in [1.29, 1.82) is 0 Å². The maximum atomic E-state index is 13.7. The fraction of sp³-hybridized carbons (Fsp3) is 0.417. The van der Waals surface area contributed by atoms with Crippen LogP contribution in [0.2, 0.25) is 5.02 Å². The maximum absolute atomic E-state index is 13.7. The molecule has 7 nitrogen and oxygen atoms in total. The summed E-state index contributed by atoms with van der Waals surface area (Å²) >= 11 is 6.20. The third-order valence-corrected chi connectivity index (χ3v) is 5.24. The molecule has 2 aromatic carbocycles. The third-order valence-electron chi connectivity index (χ3n) is 5.00. The van der Waals surface area contributed by atoms with Gasteiger partial charge in [0.05, 0.1) is 19.8 Å². The van der Waals surface area contributed by atoms with Gasteiger partial charge in [-0.25, -0.2) is 0 Å². The molecule has 0 unspecified atom stereocenters. The molecule has 172 valence electrons. The summed E-state index contributed by atoms with van der Waals surface area (Å²) in [5.74, 6) is 1.08. The summed E-state index contributed by atoms with van der Waals surface area (Å²) in [5, 5.41) is 0.504. The molecule has 1 heterocycles. The Balaban J connectivity index is 2.04. The topological polar surface area (TPSA) is 68.3 Å². The van der Waals surface area contributed by atoms with Crippen LogP contribution >= 0.6 is 11.6 Å². The average Bonchev–Trinajstić information content (AvgIpc) is 3.18. The van der Waals surface area contributed by atoms with Gasteiger partial charge in [0.15, 0.2) is 11.5 Å². The fourth-order valence-corrected chi connectivity index (χ4v) is 3.78. The van der Waals surface area contributed by atoms with E-state index < -0.39 is 0 Å². The molecule has 1 aliphatic heterocycles. The van der Waals surface area contributed by atoms with Crippen molar-refractivity contribution < 1.29 is 23.8 Å². The summed E-state index contributed by atoms with van der Waals surface area (Å²) in [6.45, 7) is 7.59. The van der Waals surface area contributed by atoms with Gasteiger partial charge >= 0.3 is 0 Å². The van der Waals surface area contributed by atoms with Gasteiger partial charge in [0.1, 0.15) is 6.67 Å². The van der Waals surface area contributed by atoms with Crippen molar-refractivity contribution in [2.24, 2.45) is 0 Å². The number of ether oxygens (including phenoxy) is 3. The number of hydrogen-bond donors (Lipinski definition) is 0. The second kappa shape index (κ2) is 11.1. The van der Waals surface area contributed by atoms with Crippen LogP contribution in [0.3, 0.4) is 0 Å². The molecule has 8 heteroatoms. The van der Waals surface area contributed by atoms with Crippen molar-refractivity contribution in [3.05, 3.63) is 47.0 Å². The smallest absolute Gasteiger partial charge is 0.260 e. The average molecular weight is 461 g/mol. The van der Waals surface area contributed by atoms with Gasteiger partial charge in [-0.2, -0.15) is 0 Å². The molecule has 32 heavy (non-hydrogen) atoms. The summed E-state index contributed by atoms with van der Waals surface area (Å²) < 4.78 is 17.3. The molecule has 1 saturated heterocycles. The van der Waals surface area contributed by atoms with E-state index in [1.54, 1.807) is 46.2 Å². The van der Waals surface area contributed by atoms with Gasteiger partial charge in [-0.05, 0) is 57.5 Å². The van der Waals surface area contributed by atoms with E-state index in [1.165, 1.54) is 0 Å². The number of halogens is 1. The normalized spacial score (nSPS) is 13.2. The number of carbonyl (C=O) groups excluding carboxylic acids is 2. The van der Waals surface area contributed by atoms with E-state index in [9.17, 15) is 9.59 Å². The van der Waals surface area contributed by atoms with Crippen molar-refractivity contribution >= 4 is 29.1 Å². The molecule has 2 amide bonds. The monoisotopic (exact) mass is 460 g/mol. The molecule has 1 fully saturated rings. The molecule has 0 radical (unpaired) electrons. The number of anilines is 1. The van der Waals surface area contributed by atoms with Crippen LogP contribution in [0, 0.1) is 0 Å². The second-order valence-electron chi connectivity index (χ2n) is 7.22. The predicted octanol–water partition coefficient (Wildman–Crippen LogP) is 4.76. The van der Waals surface area contributed by atoms with Crippen molar-refractivity contribution in [2.45, 2.75) is 33.6 Å². The highest BCUT2D eigenvalue weighted by Crippen LogP contribution is 2.40. The zero-order valence-electron chi connectivity index (χ0n) is 18.7. The summed E-state index contributed by atoms with van der Waals surface area (Å²) in [6.07, 6.45) is 1.27. The molecule has 0 aromatic heterocycles. The molecule has 1 aliphatic rings. The van der Waals surface area contributed by atoms with E-state index in [4.69, 9.17) is 25.8 Å². The van der Waals surface area contributed by atoms with Crippen LogP contribution in [0.5, 0.6) is 17.2 Å². The highest BCUT2D eigenvalue weighted by molar-refractivity contribution is 6.31. The summed E-state index contributed by atoms with van der Waals surface area (Å²) in [5.41, 5.74) is 0.971. The summed E-state index contributed by atoms with van der Waals surface area (Å²) in [4.78, 5) is 29.2. The van der Waals surface area contributed by atoms with Crippen LogP contribution < -0.4 is 19.1 Å². The van der Waals surface area contributed by atoms with Crippen molar-refractivity contribution in [1.82, 2.24) is 4.90 Å². The molecule has 0 saturated carbocycles. The molecule has 0 atom stereocenters. The first kappa shape index (κ1) is 23.7. The molecule has 0 aliphatic carbocycles. The number of hydrogen-bond acceptors (Lipinski definition) is 5. The lowest BCUT2D eigenvalue weighted by molar-refractivity contribution is -0.127. The largest absolute Gasteiger partial charge is 0.490 e. The first-order valence-electron chi connectivity index (χ1n) is 10.9. The molecule has 2 aromatic rings. The Morgan fingerprint density at radius 1 is 1.03 bits per heavy atom. The van der Waals surface area contributed by atoms with Crippen molar-refractivity contribution in [3.8, 4) is 17.2 Å². The molecular formula is C24H29ClN2O5. The Kier molecular flexibility index (Phi) is 8.22. The zero-order valence-corrected chi connectivity index (χ0v) is 19.5. The van der Waals surface area contributed by atoms with Gasteiger partial charge in [-0.15, -0.1) is 0 Å². The van der Waals surface area contributed by atoms with E-state index in [-0.39, 0.29) is 18.5 Å². The zero-order chi connectivity index (χ0) is 23.1. The molecule has 0 N–H and O–H groups in total. The molecule has 3 rings (SSSR count). The third kappa shape index (κ3) is 5.46. The standard InChI is InChI=1S/C24H29ClN2O5/c1-4-30-20-13-17(14-21(31-5-2)23(20)32-6-3)24(29)27(16-26-12-8-11-22(26)28)19-10-7-9-18(25)15-19/h7,9-10,13-15H,4-6,8,11-12,16H2,1-3H3. The number of carbonyl (C=O) groups is 2. The number of benzene rings is 2. The van der Waals surface area contributed by atoms with E-state index in [0.717, 1.165) is 6.42 Å². The lowest BCUT2D eigenvalue weighted by Crippen LogP contribution is -2.42. The first-order chi connectivity index (χ1) is 15.5. The minimum absolute atomic E-state index is 0.0292. The van der Waals surface area contributed by atoms with Crippen molar-refractivity contribution in [2.75, 3.05) is 37.9 Å². The molecular weight excluding hydrogens is 432 g/mol. The number of rotatable bonds is 10. The minimum Gasteiger partial charge on any atom is -0.490 e. The SMILES string of the molecule is CCOc1cc(C(=O)N(CN2CCCC2=O)c2cccc(Cl)c2)cc(OCC)c1OCC. The van der Waals surface area contributed by atoms with Crippen LogP contribution in [0.25, 0.3) is 0 Å². The Morgan fingerprint density at radius 2 is 1.69 bits per heavy atom. The Hall–Kier alpha value is -2.93. The van der Waals surface area contributed by atoms with Gasteiger partial charge in [-0.1, -0.05) is 17.7 Å². The highest BCUT2D eigenvalue weighted by atomic mass is 35.5. The summed E-state index contributed by atoms with van der Waals surface area (Å²) in [6, 6.07) is 10.3. The van der Waals surface area contributed by atoms with Gasteiger partial charge in [0.2, 0.25) is 11.7 Å². The van der Waals surface area contributed by atoms with Gasteiger partial charge < -0.3 is 19.1 Å². The van der Waals surface area contributed by atoms with Crippen molar-refractivity contribution in [3.63, 3.8) is 0 Å². The Bertz CT molecular complexity index is 938. The maximum Gasteiger partial charge on any atom is 0.260 e. The lowest BCUT2D eigenvalue weighted by atomic mass is 10.1. The fourth-order valence-electron chi connectivity index (χ4n) is 3.60. The minimum atomic E-state index is -0.295. The van der Waals surface area contributed by atoms with Crippen LogP contribution in [-0.4, -0.2) is 49.7 Å². The van der Waals surface area contributed by atoms with E-state index >= 15 is 0 Å². The number of amides is 2. The summed E-state index contributed by atoms with van der Waals surface area (Å²) in [7, 11) is 0. The lowest BCUT2D eigenvalue weighted by Gasteiger charge is -2.28. The predicted molar refractivity (Wildman–Crippen MR) is 124 cm³/mol. The van der Waals surface area contributed by atoms with E-state index in [0.29, 0.717) is 66.3 Å². The van der Waals surface area contributed by atoms with Crippen LogP contribution in [-0.2, 0) is 4.79 Å². The quantitative estimate of drug-likeness (QED) is 0.511. The molecule has 0 spiro atoms. The van der Waals surface area contributed by atoms with E-state index in [2.05, 4.69) is 0 Å². The Morgan fingerprint density at radius 3 is 2.22 bits per heavy atom. The number of likely N-dealkylation sites (tertiary alicyclic amines) is 1. The van der Waals surface area contributed by atoms with Crippen LogP contribution in [0.15, 0.2) is 36.4 Å². The van der Waals surface area contributed by atoms with Gasteiger partial charge in [0, 0.05) is 29.2 Å². The van der Waals surface area contributed by atoms with Gasteiger partial charge in [-0.3, -0.25) is 14.5 Å².